The van der Waals surface area contributed by atoms with Crippen LogP contribution in [0.15, 0.2) is 16.3 Å². The fraction of sp³-hybridized carbons (Fsp3) is 0.684. The molecule has 0 fully saturated rings. The first-order valence-corrected chi connectivity index (χ1v) is 12.0. The quantitative estimate of drug-likeness (QED) is 0.145. The minimum atomic E-state index is 0. The maximum absolute atomic E-state index is 4.66. The molecule has 2 heterocycles. The smallest absolute Gasteiger partial charge is 0.191 e. The molecule has 0 bridgehead atoms. The summed E-state index contributed by atoms with van der Waals surface area (Å²) in [6, 6.07) is 0. The van der Waals surface area contributed by atoms with Gasteiger partial charge in [0, 0.05) is 37.1 Å². The van der Waals surface area contributed by atoms with E-state index < -0.39 is 0 Å². The Balaban J connectivity index is 0.00000420. The Morgan fingerprint density at radius 1 is 1.28 bits per heavy atom. The molecule has 0 amide bonds. The van der Waals surface area contributed by atoms with Crippen LogP contribution in [0.25, 0.3) is 0 Å². The molecular formula is C19H34IN7S2. The summed E-state index contributed by atoms with van der Waals surface area (Å²) in [6.45, 7) is 11.9. The van der Waals surface area contributed by atoms with E-state index in [1.165, 1.54) is 4.88 Å². The molecule has 0 aliphatic heterocycles. The second-order valence-electron chi connectivity index (χ2n) is 6.91. The van der Waals surface area contributed by atoms with Gasteiger partial charge in [0.15, 0.2) is 11.1 Å². The van der Waals surface area contributed by atoms with E-state index in [1.54, 1.807) is 23.1 Å². The lowest BCUT2D eigenvalue weighted by Crippen LogP contribution is -2.37. The summed E-state index contributed by atoms with van der Waals surface area (Å²) in [5, 5.41) is 17.5. The summed E-state index contributed by atoms with van der Waals surface area (Å²) >= 11 is 3.39. The molecule has 0 spiro atoms. The molecule has 164 valence electrons. The number of aryl methyl sites for hydroxylation is 2. The van der Waals surface area contributed by atoms with Crippen LogP contribution in [0, 0.1) is 5.92 Å². The van der Waals surface area contributed by atoms with Crippen molar-refractivity contribution in [2.45, 2.75) is 65.2 Å². The monoisotopic (exact) mass is 551 g/mol. The highest BCUT2D eigenvalue weighted by Crippen LogP contribution is 2.17. The van der Waals surface area contributed by atoms with E-state index in [2.05, 4.69) is 69.3 Å². The third-order valence-corrected chi connectivity index (χ3v) is 5.85. The second-order valence-corrected chi connectivity index (χ2v) is 8.88. The van der Waals surface area contributed by atoms with Crippen LogP contribution in [0.2, 0.25) is 0 Å². The number of nitrogens with one attached hydrogen (secondary N) is 2. The van der Waals surface area contributed by atoms with E-state index in [9.17, 15) is 0 Å². The second kappa shape index (κ2) is 14.2. The molecule has 10 heteroatoms. The first-order chi connectivity index (χ1) is 13.6. The highest BCUT2D eigenvalue weighted by molar-refractivity contribution is 14.0. The van der Waals surface area contributed by atoms with Crippen molar-refractivity contribution in [2.75, 3.05) is 19.3 Å². The lowest BCUT2D eigenvalue weighted by Gasteiger charge is -2.13. The number of hydrogen-bond donors (Lipinski definition) is 2. The number of hydrogen-bond acceptors (Lipinski definition) is 6. The third kappa shape index (κ3) is 8.79. The van der Waals surface area contributed by atoms with Gasteiger partial charge in [-0.2, -0.15) is 0 Å². The van der Waals surface area contributed by atoms with Crippen molar-refractivity contribution in [1.29, 1.82) is 0 Å². The molecule has 0 radical (unpaired) electrons. The molecule has 0 atom stereocenters. The number of aromatic nitrogens is 4. The predicted octanol–water partition coefficient (Wildman–Crippen LogP) is 3.98. The number of thiazole rings is 1. The maximum atomic E-state index is 4.66. The molecular weight excluding hydrogens is 517 g/mol. The zero-order valence-corrected chi connectivity index (χ0v) is 22.0. The Morgan fingerprint density at radius 3 is 2.69 bits per heavy atom. The van der Waals surface area contributed by atoms with Crippen molar-refractivity contribution in [3.8, 4) is 0 Å². The molecule has 0 aliphatic rings. The molecule has 2 aromatic heterocycles. The summed E-state index contributed by atoms with van der Waals surface area (Å²) in [6.07, 6.45) is 6.91. The van der Waals surface area contributed by atoms with E-state index in [0.29, 0.717) is 12.5 Å². The SMILES string of the molecule is CCNC(=NCc1ncc(CC)s1)NCCCc1nnc(SC)n1CC(C)C.I. The van der Waals surface area contributed by atoms with Gasteiger partial charge in [0.25, 0.3) is 0 Å². The summed E-state index contributed by atoms with van der Waals surface area (Å²) in [7, 11) is 0. The highest BCUT2D eigenvalue weighted by Gasteiger charge is 2.12. The zero-order chi connectivity index (χ0) is 20.4. The number of rotatable bonds is 11. The number of nitrogens with zero attached hydrogens (tertiary/aromatic N) is 5. The van der Waals surface area contributed by atoms with Crippen molar-refractivity contribution in [3.05, 3.63) is 21.9 Å². The fourth-order valence-corrected chi connectivity index (χ4v) is 4.04. The topological polar surface area (TPSA) is 80.0 Å². The minimum Gasteiger partial charge on any atom is -0.357 e. The number of guanidine groups is 1. The van der Waals surface area contributed by atoms with Crippen molar-refractivity contribution < 1.29 is 0 Å². The molecule has 0 aromatic carbocycles. The van der Waals surface area contributed by atoms with Gasteiger partial charge >= 0.3 is 0 Å². The minimum absolute atomic E-state index is 0. The third-order valence-electron chi connectivity index (χ3n) is 4.06. The molecule has 7 nitrogen and oxygen atoms in total. The van der Waals surface area contributed by atoms with E-state index in [-0.39, 0.29) is 24.0 Å². The maximum Gasteiger partial charge on any atom is 0.191 e. The molecule has 0 saturated heterocycles. The standard InChI is InChI=1S/C19H33N7S2.HI/c1-6-15-11-22-17(28-15)12-23-18(20-7-2)21-10-8-9-16-24-25-19(27-5)26(16)13-14(3)4;/h11,14H,6-10,12-13H2,1-5H3,(H2,20,21,23);1H. The van der Waals surface area contributed by atoms with Gasteiger partial charge in [-0.25, -0.2) is 9.98 Å². The molecule has 2 aromatic rings. The summed E-state index contributed by atoms with van der Waals surface area (Å²) in [5.74, 6) is 2.48. The number of thioether (sulfide) groups is 1. The van der Waals surface area contributed by atoms with Crippen LogP contribution < -0.4 is 10.6 Å². The molecule has 0 aliphatic carbocycles. The van der Waals surface area contributed by atoms with Crippen molar-refractivity contribution >= 4 is 53.0 Å². The largest absolute Gasteiger partial charge is 0.357 e. The van der Waals surface area contributed by atoms with Gasteiger partial charge in [0.2, 0.25) is 0 Å². The van der Waals surface area contributed by atoms with Crippen LogP contribution in [0.5, 0.6) is 0 Å². The Hall–Kier alpha value is -0.880. The summed E-state index contributed by atoms with van der Waals surface area (Å²) in [4.78, 5) is 10.4. The molecule has 0 unspecified atom stereocenters. The van der Waals surface area contributed by atoms with Crippen molar-refractivity contribution in [1.82, 2.24) is 30.4 Å². The van der Waals surface area contributed by atoms with E-state index in [1.807, 2.05) is 6.20 Å². The van der Waals surface area contributed by atoms with Crippen LogP contribution in [-0.4, -0.2) is 45.1 Å². The van der Waals surface area contributed by atoms with E-state index in [0.717, 1.165) is 60.8 Å². The average Bonchev–Trinajstić information content (AvgIpc) is 3.29. The lowest BCUT2D eigenvalue weighted by molar-refractivity contribution is 0.477. The predicted molar refractivity (Wildman–Crippen MR) is 135 cm³/mol. The molecule has 2 rings (SSSR count). The molecule has 29 heavy (non-hydrogen) atoms. The van der Waals surface area contributed by atoms with Crippen LogP contribution in [0.1, 0.15) is 49.8 Å². The van der Waals surface area contributed by atoms with Gasteiger partial charge in [0.1, 0.15) is 10.8 Å². The van der Waals surface area contributed by atoms with Gasteiger partial charge in [-0.05, 0) is 31.9 Å². The Morgan fingerprint density at radius 2 is 2.07 bits per heavy atom. The van der Waals surface area contributed by atoms with Gasteiger partial charge in [0.05, 0.1) is 6.54 Å². The van der Waals surface area contributed by atoms with Gasteiger partial charge < -0.3 is 15.2 Å². The van der Waals surface area contributed by atoms with Crippen molar-refractivity contribution in [3.63, 3.8) is 0 Å². The van der Waals surface area contributed by atoms with Crippen LogP contribution >= 0.6 is 47.1 Å². The van der Waals surface area contributed by atoms with Crippen LogP contribution in [0.3, 0.4) is 0 Å². The van der Waals surface area contributed by atoms with E-state index >= 15 is 0 Å². The van der Waals surface area contributed by atoms with Crippen molar-refractivity contribution in [2.24, 2.45) is 10.9 Å². The summed E-state index contributed by atoms with van der Waals surface area (Å²) < 4.78 is 2.25. The van der Waals surface area contributed by atoms with Gasteiger partial charge in [-0.3, -0.25) is 0 Å². The van der Waals surface area contributed by atoms with E-state index in [4.69, 9.17) is 0 Å². The normalized spacial score (nSPS) is 11.6. The van der Waals surface area contributed by atoms with Gasteiger partial charge in [-0.15, -0.1) is 45.5 Å². The molecule has 0 saturated carbocycles. The highest BCUT2D eigenvalue weighted by atomic mass is 127. The molecule has 2 N–H and O–H groups in total. The lowest BCUT2D eigenvalue weighted by atomic mass is 10.2. The van der Waals surface area contributed by atoms with Crippen LogP contribution in [-0.2, 0) is 25.9 Å². The number of halogens is 1. The fourth-order valence-electron chi connectivity index (χ4n) is 2.73. The average molecular weight is 552 g/mol. The Bertz CT molecular complexity index is 743. The first-order valence-electron chi connectivity index (χ1n) is 9.99. The summed E-state index contributed by atoms with van der Waals surface area (Å²) in [5.41, 5.74) is 0. The Labute approximate surface area is 200 Å². The zero-order valence-electron chi connectivity index (χ0n) is 18.1. The van der Waals surface area contributed by atoms with Crippen LogP contribution in [0.4, 0.5) is 0 Å². The number of aliphatic imine (C=N–C) groups is 1. The Kier molecular flexibility index (Phi) is 12.8. The first kappa shape index (κ1) is 26.2. The van der Waals surface area contributed by atoms with Gasteiger partial charge in [-0.1, -0.05) is 32.5 Å².